The van der Waals surface area contributed by atoms with Crippen molar-refractivity contribution in [3.8, 4) is 11.5 Å². The van der Waals surface area contributed by atoms with E-state index in [2.05, 4.69) is 5.16 Å². The Morgan fingerprint density at radius 2 is 1.61 bits per heavy atom. The number of imide groups is 1. The number of para-hydroxylation sites is 1. The molecule has 2 amide bonds. The highest BCUT2D eigenvalue weighted by atomic mass is 16.6. The number of methoxy groups -OCH3 is 2. The first kappa shape index (κ1) is 18.4. The van der Waals surface area contributed by atoms with E-state index in [9.17, 15) is 9.59 Å². The van der Waals surface area contributed by atoms with Crippen molar-refractivity contribution in [2.24, 2.45) is 34.7 Å². The average molecular weight is 418 g/mol. The van der Waals surface area contributed by atoms with E-state index in [1.807, 2.05) is 48.5 Å². The molecule has 0 N–H and O–H groups in total. The Morgan fingerprint density at radius 1 is 0.903 bits per heavy atom. The van der Waals surface area contributed by atoms with Crippen LogP contribution in [-0.2, 0) is 14.4 Å². The summed E-state index contributed by atoms with van der Waals surface area (Å²) in [5.74, 6) is 0.480. The zero-order valence-electron chi connectivity index (χ0n) is 17.2. The maximum absolute atomic E-state index is 13.4. The number of rotatable bonds is 4. The molecule has 2 heterocycles. The van der Waals surface area contributed by atoms with Gasteiger partial charge in [-0.15, -0.1) is 0 Å². The van der Waals surface area contributed by atoms with Gasteiger partial charge in [-0.05, 0) is 42.7 Å². The van der Waals surface area contributed by atoms with E-state index in [4.69, 9.17) is 14.3 Å². The van der Waals surface area contributed by atoms with Gasteiger partial charge in [-0.3, -0.25) is 14.5 Å². The standard InChI is InChI=1S/C24H22N2O5/c1-29-16-9-8-12(10-17(16)30-2)21-20-14-11-15(22(20)31-25-21)19-18(14)23(27)26(24(19)28)13-6-4-3-5-7-13/h3-10,14-15,18-20,22H,11H2,1-2H3/t14-,15-,18-,19-,20-,22+/m1/s1. The van der Waals surface area contributed by atoms with Crippen LogP contribution in [0.25, 0.3) is 0 Å². The van der Waals surface area contributed by atoms with Crippen molar-refractivity contribution in [3.05, 3.63) is 54.1 Å². The summed E-state index contributed by atoms with van der Waals surface area (Å²) in [6.07, 6.45) is 0.652. The first-order valence-corrected chi connectivity index (χ1v) is 10.5. The summed E-state index contributed by atoms with van der Waals surface area (Å²) in [5.41, 5.74) is 2.37. The number of hydrogen-bond acceptors (Lipinski definition) is 6. The van der Waals surface area contributed by atoms with Crippen LogP contribution in [0.3, 0.4) is 0 Å². The third-order valence-corrected chi connectivity index (χ3v) is 7.38. The second kappa shape index (κ2) is 6.57. The Morgan fingerprint density at radius 3 is 2.32 bits per heavy atom. The number of hydrogen-bond donors (Lipinski definition) is 0. The van der Waals surface area contributed by atoms with E-state index in [0.29, 0.717) is 17.2 Å². The van der Waals surface area contributed by atoms with Gasteiger partial charge in [-0.1, -0.05) is 23.4 Å². The molecule has 0 aromatic heterocycles. The number of nitrogens with zero attached hydrogens (tertiary/aromatic N) is 2. The molecule has 2 aromatic rings. The summed E-state index contributed by atoms with van der Waals surface area (Å²) in [5, 5.41) is 4.40. The van der Waals surface area contributed by atoms with Gasteiger partial charge >= 0.3 is 0 Å². The molecular formula is C24H22N2O5. The minimum absolute atomic E-state index is 0.00294. The largest absolute Gasteiger partial charge is 0.493 e. The van der Waals surface area contributed by atoms with Gasteiger partial charge in [-0.2, -0.15) is 0 Å². The number of carbonyl (C=O) groups excluding carboxylic acids is 2. The van der Waals surface area contributed by atoms with Crippen LogP contribution < -0.4 is 14.4 Å². The summed E-state index contributed by atoms with van der Waals surface area (Å²) in [6.45, 7) is 0. The molecule has 6 rings (SSSR count). The third-order valence-electron chi connectivity index (χ3n) is 7.38. The second-order valence-corrected chi connectivity index (χ2v) is 8.60. The summed E-state index contributed by atoms with van der Waals surface area (Å²) >= 11 is 0. The molecule has 7 heteroatoms. The number of amides is 2. The molecule has 2 bridgehead atoms. The highest BCUT2D eigenvalue weighted by molar-refractivity contribution is 6.23. The van der Waals surface area contributed by atoms with Crippen LogP contribution in [0.2, 0.25) is 0 Å². The van der Waals surface area contributed by atoms with E-state index in [-0.39, 0.29) is 47.5 Å². The molecule has 4 aliphatic rings. The molecule has 7 nitrogen and oxygen atoms in total. The van der Waals surface area contributed by atoms with E-state index in [0.717, 1.165) is 17.7 Å². The highest BCUT2D eigenvalue weighted by Gasteiger charge is 2.70. The predicted molar refractivity (Wildman–Crippen MR) is 112 cm³/mol. The number of oxime groups is 1. The zero-order valence-corrected chi connectivity index (χ0v) is 17.2. The summed E-state index contributed by atoms with van der Waals surface area (Å²) in [6, 6.07) is 14.9. The smallest absolute Gasteiger partial charge is 0.238 e. The Balaban J connectivity index is 1.34. The van der Waals surface area contributed by atoms with Crippen molar-refractivity contribution in [3.63, 3.8) is 0 Å². The normalized spacial score (nSPS) is 32.6. The van der Waals surface area contributed by atoms with Crippen LogP contribution in [-0.4, -0.2) is 37.8 Å². The third kappa shape index (κ3) is 2.37. The Kier molecular flexibility index (Phi) is 3.91. The lowest BCUT2D eigenvalue weighted by Crippen LogP contribution is -2.41. The Hall–Kier alpha value is -3.35. The zero-order chi connectivity index (χ0) is 21.3. The quantitative estimate of drug-likeness (QED) is 0.714. The minimum Gasteiger partial charge on any atom is -0.493 e. The van der Waals surface area contributed by atoms with Crippen molar-refractivity contribution in [1.82, 2.24) is 0 Å². The van der Waals surface area contributed by atoms with Crippen molar-refractivity contribution >= 4 is 23.2 Å². The number of ether oxygens (including phenoxy) is 2. The minimum atomic E-state index is -0.320. The summed E-state index contributed by atoms with van der Waals surface area (Å²) < 4.78 is 10.8. The van der Waals surface area contributed by atoms with Gasteiger partial charge in [0, 0.05) is 17.4 Å². The van der Waals surface area contributed by atoms with Gasteiger partial charge < -0.3 is 14.3 Å². The van der Waals surface area contributed by atoms with Gasteiger partial charge in [0.15, 0.2) is 11.5 Å². The monoisotopic (exact) mass is 418 g/mol. The number of fused-ring (bicyclic) bond motifs is 8. The molecule has 0 radical (unpaired) electrons. The fourth-order valence-corrected chi connectivity index (χ4v) is 6.19. The highest BCUT2D eigenvalue weighted by Crippen LogP contribution is 2.62. The Labute approximate surface area is 179 Å². The molecule has 0 unspecified atom stereocenters. The molecular weight excluding hydrogens is 396 g/mol. The first-order valence-electron chi connectivity index (χ1n) is 10.5. The van der Waals surface area contributed by atoms with Gasteiger partial charge in [0.1, 0.15) is 6.10 Å². The molecule has 2 aliphatic carbocycles. The van der Waals surface area contributed by atoms with Crippen LogP contribution in [0.4, 0.5) is 5.69 Å². The molecule has 158 valence electrons. The van der Waals surface area contributed by atoms with Crippen molar-refractivity contribution in [2.75, 3.05) is 19.1 Å². The molecule has 6 atom stereocenters. The van der Waals surface area contributed by atoms with E-state index >= 15 is 0 Å². The lowest BCUT2D eigenvalue weighted by molar-refractivity contribution is -0.125. The van der Waals surface area contributed by atoms with Crippen molar-refractivity contribution < 1.29 is 23.9 Å². The lowest BCUT2D eigenvalue weighted by atomic mass is 9.71. The van der Waals surface area contributed by atoms with E-state index in [1.165, 1.54) is 4.90 Å². The van der Waals surface area contributed by atoms with E-state index < -0.39 is 0 Å². The van der Waals surface area contributed by atoms with Crippen LogP contribution in [0.5, 0.6) is 11.5 Å². The number of carbonyl (C=O) groups is 2. The predicted octanol–water partition coefficient (Wildman–Crippen LogP) is 2.88. The molecule has 31 heavy (non-hydrogen) atoms. The molecule has 2 saturated carbocycles. The van der Waals surface area contributed by atoms with Gasteiger partial charge in [0.25, 0.3) is 0 Å². The molecule has 3 fully saturated rings. The lowest BCUT2D eigenvalue weighted by Gasteiger charge is -2.29. The molecule has 0 spiro atoms. The van der Waals surface area contributed by atoms with Gasteiger partial charge in [-0.25, -0.2) is 0 Å². The maximum Gasteiger partial charge on any atom is 0.238 e. The van der Waals surface area contributed by atoms with Crippen molar-refractivity contribution in [1.29, 1.82) is 0 Å². The SMILES string of the molecule is COc1ccc(C2=NO[C@H]3[C@@H]4C[C@H]([C@H]5C(=O)N(c6ccccc6)C(=O)[C@H]45)[C@H]23)cc1OC. The van der Waals surface area contributed by atoms with Crippen LogP contribution >= 0.6 is 0 Å². The molecule has 2 aromatic carbocycles. The van der Waals surface area contributed by atoms with Crippen LogP contribution in [0, 0.1) is 29.6 Å². The molecule has 1 saturated heterocycles. The maximum atomic E-state index is 13.4. The van der Waals surface area contributed by atoms with Crippen molar-refractivity contribution in [2.45, 2.75) is 12.5 Å². The number of anilines is 1. The van der Waals surface area contributed by atoms with Gasteiger partial charge in [0.2, 0.25) is 11.8 Å². The topological polar surface area (TPSA) is 77.4 Å². The average Bonchev–Trinajstić information content (AvgIpc) is 3.54. The Bertz CT molecular complexity index is 1110. The first-order chi connectivity index (χ1) is 15.1. The summed E-state index contributed by atoms with van der Waals surface area (Å²) in [4.78, 5) is 33.9. The van der Waals surface area contributed by atoms with Crippen LogP contribution in [0.15, 0.2) is 53.7 Å². The molecule has 2 aliphatic heterocycles. The summed E-state index contributed by atoms with van der Waals surface area (Å²) in [7, 11) is 3.20. The second-order valence-electron chi connectivity index (χ2n) is 8.60. The number of benzene rings is 2. The van der Waals surface area contributed by atoms with Crippen LogP contribution in [0.1, 0.15) is 12.0 Å². The van der Waals surface area contributed by atoms with Gasteiger partial charge in [0.05, 0.1) is 37.5 Å². The fraction of sp³-hybridized carbons (Fsp3) is 0.375. The van der Waals surface area contributed by atoms with E-state index in [1.54, 1.807) is 14.2 Å². The fourth-order valence-electron chi connectivity index (χ4n) is 6.19.